The van der Waals surface area contributed by atoms with E-state index in [2.05, 4.69) is 19.2 Å². The van der Waals surface area contributed by atoms with Crippen LogP contribution in [0.4, 0.5) is 0 Å². The Morgan fingerprint density at radius 1 is 1.10 bits per heavy atom. The lowest BCUT2D eigenvalue weighted by molar-refractivity contribution is -0.120. The quantitative estimate of drug-likeness (QED) is 0.791. The predicted octanol–water partition coefficient (Wildman–Crippen LogP) is 3.11. The fraction of sp³-hybridized carbons (Fsp3) is 1.00. The van der Waals surface area contributed by atoms with Crippen molar-refractivity contribution in [2.45, 2.75) is 84.0 Å². The highest BCUT2D eigenvalue weighted by Gasteiger charge is 2.59. The molecule has 4 fully saturated rings. The van der Waals surface area contributed by atoms with E-state index in [1.807, 2.05) is 13.8 Å². The van der Waals surface area contributed by atoms with Gasteiger partial charge in [-0.2, -0.15) is 0 Å². The van der Waals surface area contributed by atoms with E-state index in [1.54, 1.807) is 0 Å². The molecule has 0 radical (unpaired) electrons. The molecule has 0 aromatic carbocycles. The molecule has 3 nitrogen and oxygen atoms in total. The van der Waals surface area contributed by atoms with Gasteiger partial charge in [-0.3, -0.25) is 0 Å². The van der Waals surface area contributed by atoms with Gasteiger partial charge < -0.3 is 15.2 Å². The number of nitrogens with one attached hydrogen (secondary N) is 1. The molecule has 0 amide bonds. The summed E-state index contributed by atoms with van der Waals surface area (Å²) in [6, 6.07) is 0. The molecule has 4 aliphatic carbocycles. The molecule has 0 aliphatic heterocycles. The molecular formula is C18H33NO2. The number of aliphatic hydroxyl groups excluding tert-OH is 1. The molecule has 0 aromatic heterocycles. The molecule has 4 bridgehead atoms. The number of ether oxygens (including phenoxy) is 1. The molecule has 4 aliphatic rings. The fourth-order valence-electron chi connectivity index (χ4n) is 6.34. The summed E-state index contributed by atoms with van der Waals surface area (Å²) in [5.41, 5.74) is 1.34. The lowest BCUT2D eigenvalue weighted by atomic mass is 9.43. The number of β-amino-alcohol motifs (C(OH)–C–C–N with tert-alkyl or cyclic N) is 1. The third kappa shape index (κ3) is 3.30. The summed E-state index contributed by atoms with van der Waals surface area (Å²) in [5, 5.41) is 13.9. The first-order valence-corrected chi connectivity index (χ1v) is 8.76. The molecule has 0 spiro atoms. The predicted molar refractivity (Wildman–Crippen MR) is 85.2 cm³/mol. The van der Waals surface area contributed by atoms with Gasteiger partial charge in [-0.1, -0.05) is 13.8 Å². The average Bonchev–Trinajstić information content (AvgIpc) is 2.29. The van der Waals surface area contributed by atoms with E-state index in [-0.39, 0.29) is 17.7 Å². The first kappa shape index (κ1) is 15.8. The Morgan fingerprint density at radius 2 is 1.71 bits per heavy atom. The Bertz CT molecular complexity index is 377. The smallest absolute Gasteiger partial charge is 0.0898 e. The largest absolute Gasteiger partial charge is 0.389 e. The molecule has 4 rings (SSSR count). The van der Waals surface area contributed by atoms with Gasteiger partial charge in [0.25, 0.3) is 0 Å². The highest BCUT2D eigenvalue weighted by atomic mass is 16.5. The minimum atomic E-state index is -0.388. The fourth-order valence-corrected chi connectivity index (χ4v) is 6.34. The van der Waals surface area contributed by atoms with E-state index in [4.69, 9.17) is 4.74 Å². The second kappa shape index (κ2) is 5.21. The highest BCUT2D eigenvalue weighted by molar-refractivity contribution is 5.14. The zero-order chi connectivity index (χ0) is 15.3. The van der Waals surface area contributed by atoms with Gasteiger partial charge in [-0.25, -0.2) is 0 Å². The monoisotopic (exact) mass is 295 g/mol. The van der Waals surface area contributed by atoms with Gasteiger partial charge in [0.1, 0.15) is 0 Å². The molecule has 3 unspecified atom stereocenters. The molecule has 3 heteroatoms. The van der Waals surface area contributed by atoms with E-state index in [1.165, 1.54) is 38.5 Å². The van der Waals surface area contributed by atoms with Crippen molar-refractivity contribution in [3.05, 3.63) is 0 Å². The first-order chi connectivity index (χ1) is 9.72. The van der Waals surface area contributed by atoms with Crippen LogP contribution in [0, 0.1) is 16.7 Å². The maximum Gasteiger partial charge on any atom is 0.0898 e. The highest BCUT2D eigenvalue weighted by Crippen LogP contribution is 2.66. The topological polar surface area (TPSA) is 41.5 Å². The summed E-state index contributed by atoms with van der Waals surface area (Å²) in [5.74, 6) is 0.896. The van der Waals surface area contributed by atoms with Crippen molar-refractivity contribution in [2.75, 3.05) is 13.2 Å². The van der Waals surface area contributed by atoms with Crippen LogP contribution >= 0.6 is 0 Å². The van der Waals surface area contributed by atoms with Crippen LogP contribution in [-0.2, 0) is 4.74 Å². The van der Waals surface area contributed by atoms with Crippen LogP contribution in [0.3, 0.4) is 0 Å². The van der Waals surface area contributed by atoms with Crippen LogP contribution in [-0.4, -0.2) is 36.0 Å². The second-order valence-electron chi connectivity index (χ2n) is 9.33. The summed E-state index contributed by atoms with van der Waals surface area (Å²) >= 11 is 0. The van der Waals surface area contributed by atoms with Crippen LogP contribution in [0.5, 0.6) is 0 Å². The minimum absolute atomic E-state index is 0.192. The van der Waals surface area contributed by atoms with Gasteiger partial charge >= 0.3 is 0 Å². The van der Waals surface area contributed by atoms with Gasteiger partial charge in [0.15, 0.2) is 0 Å². The van der Waals surface area contributed by atoms with Crippen LogP contribution in [0.1, 0.15) is 66.2 Å². The zero-order valence-corrected chi connectivity index (χ0v) is 14.2. The van der Waals surface area contributed by atoms with Crippen LogP contribution in [0.2, 0.25) is 0 Å². The number of hydrogen-bond acceptors (Lipinski definition) is 3. The maximum absolute atomic E-state index is 10.1. The van der Waals surface area contributed by atoms with Crippen molar-refractivity contribution in [1.29, 1.82) is 0 Å². The van der Waals surface area contributed by atoms with Crippen LogP contribution in [0.25, 0.3) is 0 Å². The van der Waals surface area contributed by atoms with E-state index in [9.17, 15) is 5.11 Å². The van der Waals surface area contributed by atoms with E-state index >= 15 is 0 Å². The number of rotatable bonds is 6. The lowest BCUT2D eigenvalue weighted by Gasteiger charge is -2.65. The van der Waals surface area contributed by atoms with Gasteiger partial charge in [0.2, 0.25) is 0 Å². The van der Waals surface area contributed by atoms with Crippen LogP contribution in [0.15, 0.2) is 0 Å². The van der Waals surface area contributed by atoms with Crippen molar-refractivity contribution in [1.82, 2.24) is 5.32 Å². The van der Waals surface area contributed by atoms with Crippen molar-refractivity contribution < 1.29 is 9.84 Å². The van der Waals surface area contributed by atoms with E-state index < -0.39 is 0 Å². The third-order valence-corrected chi connectivity index (χ3v) is 5.96. The normalized spacial score (nSPS) is 46.3. The Hall–Kier alpha value is -0.120. The van der Waals surface area contributed by atoms with Crippen molar-refractivity contribution >= 4 is 0 Å². The molecule has 0 saturated heterocycles. The van der Waals surface area contributed by atoms with Crippen molar-refractivity contribution in [3.63, 3.8) is 0 Å². The van der Waals surface area contributed by atoms with Crippen molar-refractivity contribution in [2.24, 2.45) is 16.7 Å². The maximum atomic E-state index is 10.1. The standard InChI is InChI=1S/C18H33NO2/c1-13(2)21-9-15(20)8-19-18-7-14-5-16(3,11-18)10-17(4,6-14)12-18/h13-15,19-20H,5-12H2,1-4H3. The molecule has 2 N–H and O–H groups in total. The molecule has 122 valence electrons. The second-order valence-corrected chi connectivity index (χ2v) is 9.33. The molecule has 3 atom stereocenters. The summed E-state index contributed by atoms with van der Waals surface area (Å²) in [4.78, 5) is 0. The Labute approximate surface area is 129 Å². The minimum Gasteiger partial charge on any atom is -0.389 e. The summed E-state index contributed by atoms with van der Waals surface area (Å²) in [7, 11) is 0. The summed E-state index contributed by atoms with van der Waals surface area (Å²) in [6.07, 6.45) is 7.96. The number of hydrogen-bond donors (Lipinski definition) is 2. The zero-order valence-electron chi connectivity index (χ0n) is 14.2. The van der Waals surface area contributed by atoms with E-state index in [0.717, 1.165) is 5.92 Å². The summed E-state index contributed by atoms with van der Waals surface area (Å²) in [6.45, 7) is 10.1. The van der Waals surface area contributed by atoms with Gasteiger partial charge in [0.05, 0.1) is 18.8 Å². The molecule has 21 heavy (non-hydrogen) atoms. The first-order valence-electron chi connectivity index (χ1n) is 8.76. The van der Waals surface area contributed by atoms with E-state index in [0.29, 0.717) is 24.0 Å². The third-order valence-electron chi connectivity index (χ3n) is 5.96. The number of aliphatic hydroxyl groups is 1. The Kier molecular flexibility index (Phi) is 3.91. The Balaban J connectivity index is 1.60. The lowest BCUT2D eigenvalue weighted by Crippen LogP contribution is -2.65. The molecule has 0 aromatic rings. The van der Waals surface area contributed by atoms with Gasteiger partial charge in [-0.15, -0.1) is 0 Å². The SMILES string of the molecule is CC(C)OCC(O)CNC12CC3CC(C)(CC(C)(C3)C1)C2. The van der Waals surface area contributed by atoms with Crippen molar-refractivity contribution in [3.8, 4) is 0 Å². The van der Waals surface area contributed by atoms with Gasteiger partial charge in [-0.05, 0) is 69.1 Å². The van der Waals surface area contributed by atoms with Crippen LogP contribution < -0.4 is 5.32 Å². The Morgan fingerprint density at radius 3 is 2.24 bits per heavy atom. The molecular weight excluding hydrogens is 262 g/mol. The molecule has 0 heterocycles. The molecule has 4 saturated carbocycles. The van der Waals surface area contributed by atoms with Gasteiger partial charge in [0, 0.05) is 12.1 Å². The summed E-state index contributed by atoms with van der Waals surface area (Å²) < 4.78 is 5.52. The average molecular weight is 295 g/mol.